The van der Waals surface area contributed by atoms with E-state index >= 15 is 0 Å². The molecule has 7 heteroatoms. The quantitative estimate of drug-likeness (QED) is 0.516. The maximum absolute atomic E-state index is 14.8. The molecule has 1 amide bonds. The lowest BCUT2D eigenvalue weighted by Crippen LogP contribution is -2.53. The summed E-state index contributed by atoms with van der Waals surface area (Å²) in [7, 11) is 0. The molecule has 180 valence electrons. The Morgan fingerprint density at radius 2 is 1.71 bits per heavy atom. The van der Waals surface area contributed by atoms with E-state index in [1.165, 1.54) is 11.0 Å². The number of hydrogen-bond acceptors (Lipinski definition) is 4. The highest BCUT2D eigenvalue weighted by molar-refractivity contribution is 5.89. The molecule has 6 nitrogen and oxygen atoms in total. The topological polar surface area (TPSA) is 70.1 Å². The minimum Gasteiger partial charge on any atom is -0.478 e. The number of carboxylic acids is 1. The van der Waals surface area contributed by atoms with E-state index < -0.39 is 17.9 Å². The number of rotatable bonds is 6. The molecular formula is C28H27FN2O4. The predicted octanol–water partition coefficient (Wildman–Crippen LogP) is 5.43. The third kappa shape index (κ3) is 5.05. The van der Waals surface area contributed by atoms with Crippen molar-refractivity contribution >= 4 is 17.7 Å². The minimum atomic E-state index is -0.979. The zero-order valence-corrected chi connectivity index (χ0v) is 19.3. The van der Waals surface area contributed by atoms with Gasteiger partial charge in [0.2, 0.25) is 0 Å². The molecule has 3 aliphatic rings. The van der Waals surface area contributed by atoms with Gasteiger partial charge in [0, 0.05) is 6.54 Å². The Kier molecular flexibility index (Phi) is 6.51. The van der Waals surface area contributed by atoms with Crippen LogP contribution in [0.2, 0.25) is 0 Å². The van der Waals surface area contributed by atoms with E-state index in [1.807, 2.05) is 24.3 Å². The summed E-state index contributed by atoms with van der Waals surface area (Å²) in [4.78, 5) is 28.2. The second-order valence-corrected chi connectivity index (χ2v) is 9.18. The molecule has 3 fully saturated rings. The van der Waals surface area contributed by atoms with Crippen LogP contribution < -0.4 is 4.90 Å². The number of benzene rings is 3. The lowest BCUT2D eigenvalue weighted by Gasteiger charge is -2.44. The van der Waals surface area contributed by atoms with Gasteiger partial charge in [0.15, 0.2) is 0 Å². The molecule has 3 saturated heterocycles. The van der Waals surface area contributed by atoms with Crippen molar-refractivity contribution < 1.29 is 23.8 Å². The van der Waals surface area contributed by atoms with Crippen LogP contribution in [0.4, 0.5) is 14.9 Å². The summed E-state index contributed by atoms with van der Waals surface area (Å²) in [6, 6.07) is 20.4. The van der Waals surface area contributed by atoms with Crippen molar-refractivity contribution in [3.8, 4) is 11.1 Å². The number of aromatic carboxylic acids is 1. The first-order valence-corrected chi connectivity index (χ1v) is 11.9. The van der Waals surface area contributed by atoms with Crippen LogP contribution in [0.15, 0.2) is 72.8 Å². The van der Waals surface area contributed by atoms with Crippen LogP contribution in [0.5, 0.6) is 0 Å². The maximum atomic E-state index is 14.8. The van der Waals surface area contributed by atoms with Crippen molar-refractivity contribution in [1.82, 2.24) is 4.90 Å². The van der Waals surface area contributed by atoms with Crippen LogP contribution in [-0.4, -0.2) is 47.8 Å². The molecule has 0 aliphatic carbocycles. The number of hydrogen-bond donors (Lipinski definition) is 1. The second kappa shape index (κ2) is 9.88. The summed E-state index contributed by atoms with van der Waals surface area (Å²) in [6.45, 7) is 2.94. The maximum Gasteiger partial charge on any atom is 0.415 e. The first kappa shape index (κ1) is 23.1. The van der Waals surface area contributed by atoms with Crippen molar-refractivity contribution in [3.05, 3.63) is 89.7 Å². The van der Waals surface area contributed by atoms with Crippen molar-refractivity contribution in [1.29, 1.82) is 0 Å². The normalized spacial score (nSPS) is 20.9. The van der Waals surface area contributed by atoms with E-state index in [0.29, 0.717) is 5.92 Å². The molecular weight excluding hydrogens is 447 g/mol. The minimum absolute atomic E-state index is 0.141. The van der Waals surface area contributed by atoms with Crippen molar-refractivity contribution in [2.75, 3.05) is 24.5 Å². The monoisotopic (exact) mass is 474 g/mol. The number of piperidine rings is 3. The summed E-state index contributed by atoms with van der Waals surface area (Å²) >= 11 is 0. The summed E-state index contributed by atoms with van der Waals surface area (Å²) in [5.41, 5.74) is 2.92. The van der Waals surface area contributed by atoms with Crippen LogP contribution >= 0.6 is 0 Å². The predicted molar refractivity (Wildman–Crippen MR) is 131 cm³/mol. The number of nitrogens with zero attached hydrogens (tertiary/aromatic N) is 2. The number of amides is 1. The fraction of sp³-hybridized carbons (Fsp3) is 0.286. The molecule has 0 radical (unpaired) electrons. The highest BCUT2D eigenvalue weighted by Gasteiger charge is 2.37. The molecule has 0 spiro atoms. The van der Waals surface area contributed by atoms with Crippen LogP contribution in [0, 0.1) is 11.7 Å². The van der Waals surface area contributed by atoms with E-state index in [2.05, 4.69) is 4.90 Å². The van der Waals surface area contributed by atoms with Gasteiger partial charge in [-0.3, -0.25) is 9.80 Å². The first-order chi connectivity index (χ1) is 17.0. The number of fused-ring (bicyclic) bond motifs is 3. The van der Waals surface area contributed by atoms with Crippen LogP contribution in [0.1, 0.15) is 28.8 Å². The van der Waals surface area contributed by atoms with Gasteiger partial charge in [0.05, 0.1) is 17.8 Å². The lowest BCUT2D eigenvalue weighted by molar-refractivity contribution is -0.0311. The highest BCUT2D eigenvalue weighted by Crippen LogP contribution is 2.31. The Labute approximate surface area is 203 Å². The van der Waals surface area contributed by atoms with Gasteiger partial charge in [-0.15, -0.1) is 0 Å². The van der Waals surface area contributed by atoms with Gasteiger partial charge in [-0.1, -0.05) is 42.5 Å². The average Bonchev–Trinajstić information content (AvgIpc) is 2.89. The van der Waals surface area contributed by atoms with Gasteiger partial charge in [-0.05, 0) is 78.9 Å². The molecule has 0 unspecified atom stereocenters. The van der Waals surface area contributed by atoms with Gasteiger partial charge in [-0.2, -0.15) is 0 Å². The van der Waals surface area contributed by atoms with Crippen LogP contribution in [0.25, 0.3) is 11.1 Å². The van der Waals surface area contributed by atoms with E-state index in [9.17, 15) is 14.0 Å². The number of halogens is 1. The third-order valence-electron chi connectivity index (χ3n) is 6.94. The number of anilines is 1. The number of carbonyl (C=O) groups excluding carboxylic acids is 1. The Bertz CT molecular complexity index is 1220. The molecule has 0 aromatic heterocycles. The molecule has 2 bridgehead atoms. The van der Waals surface area contributed by atoms with Gasteiger partial charge in [-0.25, -0.2) is 14.0 Å². The number of ether oxygens (including phenoxy) is 1. The summed E-state index contributed by atoms with van der Waals surface area (Å²) < 4.78 is 20.7. The average molecular weight is 475 g/mol. The molecule has 3 heterocycles. The van der Waals surface area contributed by atoms with Gasteiger partial charge in [0.1, 0.15) is 11.9 Å². The van der Waals surface area contributed by atoms with Crippen LogP contribution in [0.3, 0.4) is 0 Å². The third-order valence-corrected chi connectivity index (χ3v) is 6.94. The van der Waals surface area contributed by atoms with Crippen molar-refractivity contribution in [2.45, 2.75) is 25.5 Å². The van der Waals surface area contributed by atoms with Crippen molar-refractivity contribution in [2.24, 2.45) is 5.92 Å². The number of carboxylic acid groups (broad SMARTS) is 1. The SMILES string of the molecule is O=C(O)c1ccc(-c2cccc(CN(C(=O)O[C@H]3CN4CCC3CC4)c3ccccc3F)c2)cc1. The second-order valence-electron chi connectivity index (χ2n) is 9.18. The Balaban J connectivity index is 1.40. The van der Waals surface area contributed by atoms with E-state index in [4.69, 9.17) is 9.84 Å². The molecule has 1 atom stereocenters. The van der Waals surface area contributed by atoms with E-state index in [0.717, 1.165) is 49.2 Å². The van der Waals surface area contributed by atoms with Gasteiger partial charge < -0.3 is 9.84 Å². The summed E-state index contributed by atoms with van der Waals surface area (Å²) in [5, 5.41) is 9.14. The number of para-hydroxylation sites is 1. The molecule has 3 aliphatic heterocycles. The van der Waals surface area contributed by atoms with E-state index in [-0.39, 0.29) is 23.9 Å². The fourth-order valence-electron chi connectivity index (χ4n) is 4.99. The smallest absolute Gasteiger partial charge is 0.415 e. The zero-order chi connectivity index (χ0) is 24.4. The molecule has 6 rings (SSSR count). The Morgan fingerprint density at radius 3 is 2.37 bits per heavy atom. The lowest BCUT2D eigenvalue weighted by atomic mass is 9.86. The summed E-state index contributed by atoms with van der Waals surface area (Å²) in [6.07, 6.45) is 1.30. The van der Waals surface area contributed by atoms with E-state index in [1.54, 1.807) is 42.5 Å². The van der Waals surface area contributed by atoms with Crippen LogP contribution in [-0.2, 0) is 11.3 Å². The molecule has 0 saturated carbocycles. The number of carbonyl (C=O) groups is 2. The Morgan fingerprint density at radius 1 is 0.971 bits per heavy atom. The zero-order valence-electron chi connectivity index (χ0n) is 19.3. The highest BCUT2D eigenvalue weighted by atomic mass is 19.1. The summed E-state index contributed by atoms with van der Waals surface area (Å²) in [5.74, 6) is -1.12. The standard InChI is InChI=1S/C28H27FN2O4/c29-24-6-1-2-7-25(24)31(28(34)35-26-18-30-14-12-21(26)13-15-30)17-19-4-3-5-23(16-19)20-8-10-22(11-9-20)27(32)33/h1-11,16,21,26H,12-15,17-18H2,(H,32,33)/t26-/m0/s1. The fourth-order valence-corrected chi connectivity index (χ4v) is 4.99. The molecule has 35 heavy (non-hydrogen) atoms. The largest absolute Gasteiger partial charge is 0.478 e. The van der Waals surface area contributed by atoms with Gasteiger partial charge in [0.25, 0.3) is 0 Å². The molecule has 3 aromatic rings. The van der Waals surface area contributed by atoms with Gasteiger partial charge >= 0.3 is 12.1 Å². The molecule has 3 aromatic carbocycles. The first-order valence-electron chi connectivity index (χ1n) is 11.9. The Hall–Kier alpha value is -3.71. The van der Waals surface area contributed by atoms with Crippen molar-refractivity contribution in [3.63, 3.8) is 0 Å². The molecule has 1 N–H and O–H groups in total.